The standard InChI is InChI=1S/C34H44N2O12/c1-2-3-4-5-6-7-16-47-23-12-10-22(11-13-23)35-32(44)24(18-29(40)41)36-33(45)34(46)19-27(39)31(43)28(20-34)48-30(42)15-9-21-8-14-25(37)26(38)17-21/h8-15,17,24,27-28,31,37-39,43,46H,2-7,16,18-20H2,1H3,(H,35,44)(H,36,45)(H,40,41)/b15-9+/t24?,27-,28-,31?,34+/m1/s1. The Bertz CT molecular complexity index is 1430. The van der Waals surface area contributed by atoms with Crippen molar-refractivity contribution in [2.24, 2.45) is 0 Å². The molecule has 1 aliphatic carbocycles. The first-order valence-electron chi connectivity index (χ1n) is 15.9. The van der Waals surface area contributed by atoms with E-state index in [1.165, 1.54) is 43.5 Å². The minimum atomic E-state index is -2.46. The molecule has 1 aliphatic rings. The molecule has 14 heteroatoms. The highest BCUT2D eigenvalue weighted by Crippen LogP contribution is 2.32. The Balaban J connectivity index is 1.59. The first-order chi connectivity index (χ1) is 22.8. The summed E-state index contributed by atoms with van der Waals surface area (Å²) in [6.07, 6.45) is 1.70. The summed E-state index contributed by atoms with van der Waals surface area (Å²) in [6.45, 7) is 2.70. The highest BCUT2D eigenvalue weighted by molar-refractivity contribution is 6.00. The second-order valence-corrected chi connectivity index (χ2v) is 11.8. The number of aliphatic hydroxyl groups is 3. The van der Waals surface area contributed by atoms with E-state index in [0.717, 1.165) is 25.3 Å². The summed E-state index contributed by atoms with van der Waals surface area (Å²) in [6, 6.07) is 8.51. The van der Waals surface area contributed by atoms with Crippen LogP contribution in [0.25, 0.3) is 6.08 Å². The van der Waals surface area contributed by atoms with Crippen molar-refractivity contribution in [1.29, 1.82) is 0 Å². The zero-order valence-electron chi connectivity index (χ0n) is 26.7. The first-order valence-corrected chi connectivity index (χ1v) is 15.9. The normalized spacial score (nSPS) is 21.3. The van der Waals surface area contributed by atoms with Crippen molar-refractivity contribution in [3.05, 3.63) is 54.1 Å². The van der Waals surface area contributed by atoms with Crippen molar-refractivity contribution in [3.8, 4) is 17.2 Å². The Labute approximate surface area is 278 Å². The molecule has 0 aliphatic heterocycles. The molecule has 262 valence electrons. The molecule has 1 saturated carbocycles. The summed E-state index contributed by atoms with van der Waals surface area (Å²) < 4.78 is 10.9. The van der Waals surface area contributed by atoms with E-state index in [1.54, 1.807) is 24.3 Å². The van der Waals surface area contributed by atoms with Gasteiger partial charge < -0.3 is 50.7 Å². The largest absolute Gasteiger partial charge is 0.504 e. The van der Waals surface area contributed by atoms with Crippen molar-refractivity contribution >= 4 is 35.5 Å². The average Bonchev–Trinajstić information content (AvgIpc) is 3.03. The fourth-order valence-corrected chi connectivity index (χ4v) is 5.16. The summed E-state index contributed by atoms with van der Waals surface area (Å²) >= 11 is 0. The van der Waals surface area contributed by atoms with Gasteiger partial charge in [-0.05, 0) is 54.5 Å². The lowest BCUT2D eigenvalue weighted by Gasteiger charge is -2.40. The smallest absolute Gasteiger partial charge is 0.331 e. The van der Waals surface area contributed by atoms with E-state index < -0.39 is 78.7 Å². The van der Waals surface area contributed by atoms with Crippen LogP contribution in [0.5, 0.6) is 17.2 Å². The molecule has 0 spiro atoms. The lowest BCUT2D eigenvalue weighted by atomic mass is 9.78. The number of rotatable bonds is 17. The molecule has 8 N–H and O–H groups in total. The zero-order chi connectivity index (χ0) is 35.3. The van der Waals surface area contributed by atoms with Crippen LogP contribution in [-0.4, -0.2) is 91.0 Å². The Morgan fingerprint density at radius 3 is 2.31 bits per heavy atom. The lowest BCUT2D eigenvalue weighted by molar-refractivity contribution is -0.187. The number of aliphatic carboxylic acids is 1. The number of anilines is 1. The third-order valence-electron chi connectivity index (χ3n) is 7.85. The molecular weight excluding hydrogens is 628 g/mol. The van der Waals surface area contributed by atoms with Gasteiger partial charge >= 0.3 is 11.9 Å². The van der Waals surface area contributed by atoms with E-state index in [-0.39, 0.29) is 5.75 Å². The number of benzene rings is 2. The third-order valence-corrected chi connectivity index (χ3v) is 7.85. The van der Waals surface area contributed by atoms with Gasteiger partial charge in [0.05, 0.1) is 19.1 Å². The molecule has 2 aromatic rings. The van der Waals surface area contributed by atoms with Gasteiger partial charge in [0.2, 0.25) is 5.91 Å². The average molecular weight is 673 g/mol. The molecule has 0 radical (unpaired) electrons. The van der Waals surface area contributed by atoms with Crippen molar-refractivity contribution in [1.82, 2.24) is 5.32 Å². The molecule has 3 rings (SSSR count). The maximum Gasteiger partial charge on any atom is 0.331 e. The van der Waals surface area contributed by atoms with E-state index in [2.05, 4.69) is 17.6 Å². The summed E-state index contributed by atoms with van der Waals surface area (Å²) in [5, 5.41) is 65.1. The predicted octanol–water partition coefficient (Wildman–Crippen LogP) is 2.61. The number of carboxylic acids is 1. The summed E-state index contributed by atoms with van der Waals surface area (Å²) in [4.78, 5) is 50.2. The molecule has 2 amide bonds. The fraction of sp³-hybridized carbons (Fsp3) is 0.471. The monoisotopic (exact) mass is 672 g/mol. The van der Waals surface area contributed by atoms with Crippen LogP contribution in [0.4, 0.5) is 5.69 Å². The molecule has 48 heavy (non-hydrogen) atoms. The topological polar surface area (TPSA) is 232 Å². The van der Waals surface area contributed by atoms with Gasteiger partial charge in [-0.25, -0.2) is 4.79 Å². The van der Waals surface area contributed by atoms with Crippen molar-refractivity contribution in [2.75, 3.05) is 11.9 Å². The number of aromatic hydroxyl groups is 2. The minimum Gasteiger partial charge on any atom is -0.504 e. The first kappa shape index (κ1) is 37.8. The van der Waals surface area contributed by atoms with Gasteiger partial charge in [-0.3, -0.25) is 14.4 Å². The maximum atomic E-state index is 13.2. The van der Waals surface area contributed by atoms with Crippen LogP contribution in [0.2, 0.25) is 0 Å². The maximum absolute atomic E-state index is 13.2. The van der Waals surface area contributed by atoms with Gasteiger partial charge in [-0.2, -0.15) is 0 Å². The molecule has 2 aromatic carbocycles. The summed E-state index contributed by atoms with van der Waals surface area (Å²) in [7, 11) is 0. The third kappa shape index (κ3) is 11.5. The van der Waals surface area contributed by atoms with E-state index in [1.807, 2.05) is 0 Å². The Morgan fingerprint density at radius 1 is 0.958 bits per heavy atom. The lowest BCUT2D eigenvalue weighted by Crippen LogP contribution is -2.61. The highest BCUT2D eigenvalue weighted by atomic mass is 16.6. The molecule has 0 heterocycles. The van der Waals surface area contributed by atoms with Gasteiger partial charge in [0.1, 0.15) is 29.6 Å². The SMILES string of the molecule is CCCCCCCCOc1ccc(NC(=O)C(CC(=O)O)NC(=O)[C@]2(O)C[C@@H](O)C(O)[C@H](OC(=O)/C=C/c3ccc(O)c(O)c3)C2)cc1. The number of carbonyl (C=O) groups is 4. The van der Waals surface area contributed by atoms with Crippen LogP contribution in [0.3, 0.4) is 0 Å². The van der Waals surface area contributed by atoms with Crippen LogP contribution in [-0.2, 0) is 23.9 Å². The van der Waals surface area contributed by atoms with E-state index in [4.69, 9.17) is 9.47 Å². The number of phenols is 2. The van der Waals surface area contributed by atoms with Gasteiger partial charge in [0.15, 0.2) is 11.5 Å². The van der Waals surface area contributed by atoms with E-state index >= 15 is 0 Å². The number of ether oxygens (including phenoxy) is 2. The number of aliphatic hydroxyl groups excluding tert-OH is 2. The molecule has 2 unspecified atom stereocenters. The Morgan fingerprint density at radius 2 is 1.65 bits per heavy atom. The Kier molecular flexibility index (Phi) is 14.2. The molecular formula is C34H44N2O12. The van der Waals surface area contributed by atoms with Crippen LogP contribution in [0.1, 0.15) is 70.3 Å². The van der Waals surface area contributed by atoms with Gasteiger partial charge in [-0.1, -0.05) is 45.1 Å². The molecule has 0 saturated heterocycles. The number of carbonyl (C=O) groups excluding carboxylic acids is 3. The summed E-state index contributed by atoms with van der Waals surface area (Å²) in [5.74, 6) is -4.76. The number of hydrogen-bond acceptors (Lipinski definition) is 11. The molecule has 14 nitrogen and oxygen atoms in total. The fourth-order valence-electron chi connectivity index (χ4n) is 5.16. The molecule has 0 bridgehead atoms. The molecule has 1 fully saturated rings. The number of nitrogens with one attached hydrogen (secondary N) is 2. The van der Waals surface area contributed by atoms with E-state index in [0.29, 0.717) is 23.6 Å². The van der Waals surface area contributed by atoms with Crippen LogP contribution in [0.15, 0.2) is 48.5 Å². The second kappa shape index (κ2) is 18.0. The van der Waals surface area contributed by atoms with Gasteiger partial charge in [0.25, 0.3) is 5.91 Å². The van der Waals surface area contributed by atoms with Crippen molar-refractivity contribution < 1.29 is 59.3 Å². The number of phenolic OH excluding ortho intramolecular Hbond substituents is 2. The number of amides is 2. The Hall–Kier alpha value is -4.66. The van der Waals surface area contributed by atoms with E-state index in [9.17, 15) is 49.8 Å². The van der Waals surface area contributed by atoms with Crippen LogP contribution < -0.4 is 15.4 Å². The predicted molar refractivity (Wildman–Crippen MR) is 173 cm³/mol. The molecule has 5 atom stereocenters. The zero-order valence-corrected chi connectivity index (χ0v) is 26.7. The number of esters is 1. The number of hydrogen-bond donors (Lipinski definition) is 8. The second-order valence-electron chi connectivity index (χ2n) is 11.8. The molecule has 0 aromatic heterocycles. The number of carboxylic acid groups (broad SMARTS) is 1. The van der Waals surface area contributed by atoms with Crippen LogP contribution >= 0.6 is 0 Å². The highest BCUT2D eigenvalue weighted by Gasteiger charge is 2.50. The quantitative estimate of drug-likeness (QED) is 0.0525. The van der Waals surface area contributed by atoms with Crippen LogP contribution in [0, 0.1) is 0 Å². The summed E-state index contributed by atoms with van der Waals surface area (Å²) in [5.41, 5.74) is -1.84. The van der Waals surface area contributed by atoms with Crippen molar-refractivity contribution in [3.63, 3.8) is 0 Å². The minimum absolute atomic E-state index is 0.300. The van der Waals surface area contributed by atoms with Gasteiger partial charge in [0, 0.05) is 24.6 Å². The van der Waals surface area contributed by atoms with Gasteiger partial charge in [-0.15, -0.1) is 0 Å². The number of unbranched alkanes of at least 4 members (excludes halogenated alkanes) is 5. The van der Waals surface area contributed by atoms with Crippen molar-refractivity contribution in [2.45, 2.75) is 94.7 Å².